The molecule has 7 heteroatoms. The molecule has 1 aromatic carbocycles. The monoisotopic (exact) mass is 223 g/mol. The average Bonchev–Trinajstić information content (AvgIpc) is 2.06. The van der Waals surface area contributed by atoms with Gasteiger partial charge in [-0.25, -0.2) is 0 Å². The van der Waals surface area contributed by atoms with Crippen molar-refractivity contribution in [3.63, 3.8) is 0 Å². The number of anilines is 2. The highest BCUT2D eigenvalue weighted by Crippen LogP contribution is 2.40. The van der Waals surface area contributed by atoms with E-state index in [0.717, 1.165) is 0 Å². The molecule has 0 atom stereocenters. The molecule has 0 aliphatic heterocycles. The number of hydrazine groups is 1. The fourth-order valence-corrected chi connectivity index (χ4v) is 1.49. The van der Waals surface area contributed by atoms with Crippen LogP contribution >= 0.6 is 11.8 Å². The van der Waals surface area contributed by atoms with E-state index in [1.807, 2.05) is 0 Å². The fraction of sp³-hybridized carbons (Fsp3) is 0.143. The first-order valence-corrected chi connectivity index (χ1v) is 4.36. The molecule has 0 bridgehead atoms. The van der Waals surface area contributed by atoms with E-state index in [0.29, 0.717) is 5.69 Å². The zero-order chi connectivity index (χ0) is 10.8. The molecule has 0 unspecified atom stereocenters. The molecule has 3 nitrogen and oxygen atoms in total. The molecule has 78 valence electrons. The first-order chi connectivity index (χ1) is 6.42. The average molecular weight is 223 g/mol. The molecule has 1 rings (SSSR count). The van der Waals surface area contributed by atoms with E-state index in [1.165, 1.54) is 18.2 Å². The van der Waals surface area contributed by atoms with Crippen molar-refractivity contribution in [2.24, 2.45) is 5.84 Å². The Hall–Kier alpha value is -1.08. The summed E-state index contributed by atoms with van der Waals surface area (Å²) < 4.78 is 36.1. The number of nitrogens with two attached hydrogens (primary N) is 2. The molecular weight excluding hydrogens is 215 g/mol. The molecule has 0 heterocycles. The summed E-state index contributed by atoms with van der Waals surface area (Å²) in [5.74, 6) is 5.05. The molecule has 14 heavy (non-hydrogen) atoms. The van der Waals surface area contributed by atoms with Gasteiger partial charge in [-0.1, -0.05) is 0 Å². The Kier molecular flexibility index (Phi) is 3.12. The summed E-state index contributed by atoms with van der Waals surface area (Å²) in [5, 5.41) is 0. The highest BCUT2D eigenvalue weighted by atomic mass is 32.2. The third kappa shape index (κ3) is 3.00. The standard InChI is InChI=1S/C7H8F3N3S/c8-7(9,10)14-6-2-1-4(11)3-5(6)13-12/h1-3,13H,11-12H2. The van der Waals surface area contributed by atoms with Gasteiger partial charge in [0.15, 0.2) is 0 Å². The van der Waals surface area contributed by atoms with Gasteiger partial charge in [0, 0.05) is 10.6 Å². The van der Waals surface area contributed by atoms with Gasteiger partial charge in [-0.3, -0.25) is 5.84 Å². The Morgan fingerprint density at radius 2 is 1.93 bits per heavy atom. The highest BCUT2D eigenvalue weighted by molar-refractivity contribution is 8.00. The van der Waals surface area contributed by atoms with Crippen molar-refractivity contribution in [1.82, 2.24) is 0 Å². The van der Waals surface area contributed by atoms with Crippen molar-refractivity contribution in [2.45, 2.75) is 10.4 Å². The summed E-state index contributed by atoms with van der Waals surface area (Å²) in [6, 6.07) is 3.99. The number of halogens is 3. The van der Waals surface area contributed by atoms with Crippen LogP contribution in [0.2, 0.25) is 0 Å². The predicted octanol–water partition coefficient (Wildman–Crippen LogP) is 2.17. The van der Waals surface area contributed by atoms with E-state index < -0.39 is 5.51 Å². The molecule has 0 aliphatic rings. The number of thioether (sulfide) groups is 1. The van der Waals surface area contributed by atoms with Gasteiger partial charge in [-0.2, -0.15) is 13.2 Å². The first-order valence-electron chi connectivity index (χ1n) is 3.54. The van der Waals surface area contributed by atoms with E-state index in [4.69, 9.17) is 11.6 Å². The molecule has 0 radical (unpaired) electrons. The quantitative estimate of drug-likeness (QED) is 0.311. The van der Waals surface area contributed by atoms with Crippen molar-refractivity contribution in [1.29, 1.82) is 0 Å². The van der Waals surface area contributed by atoms with Crippen LogP contribution in [0.3, 0.4) is 0 Å². The number of hydrogen-bond acceptors (Lipinski definition) is 4. The summed E-state index contributed by atoms with van der Waals surface area (Å²) in [6.45, 7) is 0. The van der Waals surface area contributed by atoms with Gasteiger partial charge in [0.1, 0.15) is 0 Å². The lowest BCUT2D eigenvalue weighted by Gasteiger charge is -2.10. The second kappa shape index (κ2) is 3.97. The second-order valence-electron chi connectivity index (χ2n) is 2.45. The molecule has 5 N–H and O–H groups in total. The van der Waals surface area contributed by atoms with Crippen LogP contribution in [0.25, 0.3) is 0 Å². The topological polar surface area (TPSA) is 64.1 Å². The van der Waals surface area contributed by atoms with Crippen LogP contribution in [0.15, 0.2) is 23.1 Å². The maximum atomic E-state index is 12.0. The van der Waals surface area contributed by atoms with E-state index in [9.17, 15) is 13.2 Å². The van der Waals surface area contributed by atoms with Gasteiger partial charge < -0.3 is 11.2 Å². The fourth-order valence-electron chi connectivity index (χ4n) is 0.874. The van der Waals surface area contributed by atoms with Crippen molar-refractivity contribution in [3.8, 4) is 0 Å². The van der Waals surface area contributed by atoms with Gasteiger partial charge in [0.25, 0.3) is 0 Å². The van der Waals surface area contributed by atoms with Gasteiger partial charge in [0.05, 0.1) is 5.69 Å². The SMILES string of the molecule is NNc1cc(N)ccc1SC(F)(F)F. The molecule has 0 amide bonds. The minimum Gasteiger partial charge on any atom is -0.399 e. The Balaban J connectivity index is 2.97. The Morgan fingerprint density at radius 3 is 2.43 bits per heavy atom. The van der Waals surface area contributed by atoms with Crippen LogP contribution in [-0.4, -0.2) is 5.51 Å². The van der Waals surface area contributed by atoms with E-state index >= 15 is 0 Å². The summed E-state index contributed by atoms with van der Waals surface area (Å²) >= 11 is -0.237. The Bertz CT molecular complexity index is 326. The molecule has 0 saturated heterocycles. The predicted molar refractivity (Wildman–Crippen MR) is 50.6 cm³/mol. The molecule has 0 fully saturated rings. The largest absolute Gasteiger partial charge is 0.446 e. The zero-order valence-corrected chi connectivity index (χ0v) is 7.75. The molecule has 0 aliphatic carbocycles. The van der Waals surface area contributed by atoms with Crippen LogP contribution in [0.1, 0.15) is 0 Å². The third-order valence-corrected chi connectivity index (χ3v) is 2.19. The van der Waals surface area contributed by atoms with Crippen molar-refractivity contribution in [3.05, 3.63) is 18.2 Å². The molecular formula is C7H8F3N3S. The molecule has 1 aromatic rings. The first kappa shape index (κ1) is 11.0. The van der Waals surface area contributed by atoms with Gasteiger partial charge in [-0.05, 0) is 30.0 Å². The second-order valence-corrected chi connectivity index (χ2v) is 3.55. The van der Waals surface area contributed by atoms with Crippen molar-refractivity contribution in [2.75, 3.05) is 11.2 Å². The van der Waals surface area contributed by atoms with Crippen LogP contribution in [0.4, 0.5) is 24.5 Å². The smallest absolute Gasteiger partial charge is 0.399 e. The Morgan fingerprint density at radius 1 is 1.29 bits per heavy atom. The molecule has 0 saturated carbocycles. The summed E-state index contributed by atoms with van der Waals surface area (Å²) in [7, 11) is 0. The van der Waals surface area contributed by atoms with Crippen molar-refractivity contribution < 1.29 is 13.2 Å². The van der Waals surface area contributed by atoms with Crippen molar-refractivity contribution >= 4 is 23.1 Å². The summed E-state index contributed by atoms with van der Waals surface area (Å²) in [4.78, 5) is -0.00537. The van der Waals surface area contributed by atoms with Crippen LogP contribution in [0.5, 0.6) is 0 Å². The number of benzene rings is 1. The van der Waals surface area contributed by atoms with E-state index in [1.54, 1.807) is 0 Å². The zero-order valence-electron chi connectivity index (χ0n) is 6.93. The minimum absolute atomic E-state index is 0.00537. The lowest BCUT2D eigenvalue weighted by molar-refractivity contribution is -0.0327. The van der Waals surface area contributed by atoms with Crippen LogP contribution < -0.4 is 17.0 Å². The maximum absolute atomic E-state index is 12.0. The maximum Gasteiger partial charge on any atom is 0.446 e. The highest BCUT2D eigenvalue weighted by Gasteiger charge is 2.30. The Labute approximate surface area is 82.6 Å². The minimum atomic E-state index is -4.33. The lowest BCUT2D eigenvalue weighted by Crippen LogP contribution is -2.09. The van der Waals surface area contributed by atoms with Gasteiger partial charge in [-0.15, -0.1) is 0 Å². The molecule has 0 aromatic heterocycles. The van der Waals surface area contributed by atoms with E-state index in [-0.39, 0.29) is 22.3 Å². The van der Waals surface area contributed by atoms with E-state index in [2.05, 4.69) is 5.43 Å². The van der Waals surface area contributed by atoms with Gasteiger partial charge >= 0.3 is 5.51 Å². The third-order valence-electron chi connectivity index (χ3n) is 1.38. The van der Waals surface area contributed by atoms with Crippen LogP contribution in [0, 0.1) is 0 Å². The summed E-state index contributed by atoms with van der Waals surface area (Å²) in [6.07, 6.45) is 0. The summed E-state index contributed by atoms with van der Waals surface area (Å²) in [5.41, 5.74) is 3.72. The number of hydrogen-bond donors (Lipinski definition) is 3. The number of nitrogen functional groups attached to an aromatic ring is 2. The number of rotatable bonds is 2. The van der Waals surface area contributed by atoms with Gasteiger partial charge in [0.2, 0.25) is 0 Å². The number of alkyl halides is 3. The normalized spacial score (nSPS) is 11.4. The van der Waals surface area contributed by atoms with Crippen LogP contribution in [-0.2, 0) is 0 Å². The number of nitrogens with one attached hydrogen (secondary N) is 1. The molecule has 0 spiro atoms. The lowest BCUT2D eigenvalue weighted by atomic mass is 10.3.